The Hall–Kier alpha value is -3.15. The van der Waals surface area contributed by atoms with Crippen molar-refractivity contribution < 1.29 is 4.74 Å². The summed E-state index contributed by atoms with van der Waals surface area (Å²) in [5.41, 5.74) is 2.16. The molecule has 0 amide bonds. The van der Waals surface area contributed by atoms with Crippen molar-refractivity contribution >= 4 is 29.1 Å². The van der Waals surface area contributed by atoms with E-state index in [0.717, 1.165) is 42.8 Å². The van der Waals surface area contributed by atoms with Gasteiger partial charge in [0.2, 0.25) is 5.95 Å². The van der Waals surface area contributed by atoms with Gasteiger partial charge in [-0.25, -0.2) is 4.98 Å². The summed E-state index contributed by atoms with van der Waals surface area (Å²) in [7, 11) is 1.64. The summed E-state index contributed by atoms with van der Waals surface area (Å²) in [5, 5.41) is 0.517. The number of ether oxygens (including phenoxy) is 1. The normalized spacial score (nSPS) is 14.8. The Labute approximate surface area is 157 Å². The number of aromatic nitrogens is 3. The number of fused-ring (bicyclic) bond motifs is 1. The summed E-state index contributed by atoms with van der Waals surface area (Å²) >= 11 is 0. The highest BCUT2D eigenvalue weighted by Gasteiger charge is 2.15. The summed E-state index contributed by atoms with van der Waals surface area (Å²) in [4.78, 5) is 26.8. The molecule has 0 spiro atoms. The average Bonchev–Trinajstić information content (AvgIpc) is 2.73. The molecule has 1 saturated heterocycles. The van der Waals surface area contributed by atoms with Crippen molar-refractivity contribution in [2.45, 2.75) is 19.3 Å². The van der Waals surface area contributed by atoms with Gasteiger partial charge in [0.25, 0.3) is 5.56 Å². The van der Waals surface area contributed by atoms with E-state index in [4.69, 9.17) is 4.74 Å². The number of aromatic amines is 1. The van der Waals surface area contributed by atoms with Gasteiger partial charge in [-0.15, -0.1) is 0 Å². The fraction of sp³-hybridized carbons (Fsp3) is 0.286. The van der Waals surface area contributed by atoms with Gasteiger partial charge in [-0.1, -0.05) is 24.3 Å². The third-order valence-corrected chi connectivity index (χ3v) is 4.85. The summed E-state index contributed by atoms with van der Waals surface area (Å²) in [6.07, 6.45) is 9.06. The van der Waals surface area contributed by atoms with Crippen LogP contribution in [0.4, 0.5) is 5.95 Å². The number of nitrogens with zero attached hydrogens (tertiary/aromatic N) is 3. The highest BCUT2D eigenvalue weighted by atomic mass is 16.5. The second-order valence-corrected chi connectivity index (χ2v) is 6.64. The van der Waals surface area contributed by atoms with E-state index in [9.17, 15) is 4.79 Å². The number of piperidine rings is 1. The van der Waals surface area contributed by atoms with Crippen molar-refractivity contribution in [2.75, 3.05) is 25.1 Å². The monoisotopic (exact) mass is 362 g/mol. The minimum Gasteiger partial charge on any atom is -0.497 e. The van der Waals surface area contributed by atoms with Crippen molar-refractivity contribution in [3.05, 3.63) is 58.0 Å². The Morgan fingerprint density at radius 3 is 2.59 bits per heavy atom. The fourth-order valence-corrected chi connectivity index (χ4v) is 3.37. The molecule has 2 aromatic heterocycles. The quantitative estimate of drug-likeness (QED) is 0.769. The molecule has 3 heterocycles. The van der Waals surface area contributed by atoms with Crippen LogP contribution < -0.4 is 15.2 Å². The Kier molecular flexibility index (Phi) is 4.87. The van der Waals surface area contributed by atoms with Crippen molar-refractivity contribution in [1.82, 2.24) is 15.0 Å². The van der Waals surface area contributed by atoms with Gasteiger partial charge in [-0.05, 0) is 48.6 Å². The molecule has 1 fully saturated rings. The van der Waals surface area contributed by atoms with Gasteiger partial charge < -0.3 is 9.64 Å². The van der Waals surface area contributed by atoms with Gasteiger partial charge in [0.1, 0.15) is 5.75 Å². The zero-order chi connectivity index (χ0) is 18.6. The van der Waals surface area contributed by atoms with Gasteiger partial charge in [0, 0.05) is 19.3 Å². The number of nitrogens with one attached hydrogen (secondary N) is 1. The van der Waals surface area contributed by atoms with Crippen LogP contribution in [0.5, 0.6) is 5.75 Å². The molecule has 1 N–H and O–H groups in total. The van der Waals surface area contributed by atoms with Crippen LogP contribution in [0.25, 0.3) is 23.2 Å². The molecule has 0 radical (unpaired) electrons. The molecular formula is C21H22N4O2. The lowest BCUT2D eigenvalue weighted by Crippen LogP contribution is -2.32. The molecule has 0 saturated carbocycles. The molecule has 138 valence electrons. The number of H-pyrrole nitrogens is 1. The second kappa shape index (κ2) is 7.61. The largest absolute Gasteiger partial charge is 0.497 e. The van der Waals surface area contributed by atoms with E-state index in [1.807, 2.05) is 42.5 Å². The maximum Gasteiger partial charge on any atom is 0.262 e. The predicted octanol–water partition coefficient (Wildman–Crippen LogP) is 3.49. The maximum absolute atomic E-state index is 12.7. The van der Waals surface area contributed by atoms with Crippen LogP contribution in [0.3, 0.4) is 0 Å². The summed E-state index contributed by atoms with van der Waals surface area (Å²) < 4.78 is 5.18. The molecule has 6 nitrogen and oxygen atoms in total. The van der Waals surface area contributed by atoms with Crippen molar-refractivity contribution in [3.63, 3.8) is 0 Å². The van der Waals surface area contributed by atoms with Crippen molar-refractivity contribution in [2.24, 2.45) is 0 Å². The van der Waals surface area contributed by atoms with Gasteiger partial charge >= 0.3 is 0 Å². The summed E-state index contributed by atoms with van der Waals surface area (Å²) in [6, 6.07) is 9.58. The number of benzene rings is 1. The van der Waals surface area contributed by atoms with Gasteiger partial charge in [-0.2, -0.15) is 4.98 Å². The fourth-order valence-electron chi connectivity index (χ4n) is 3.37. The topological polar surface area (TPSA) is 71.1 Å². The Morgan fingerprint density at radius 2 is 1.85 bits per heavy atom. The first-order chi connectivity index (χ1) is 13.2. The zero-order valence-electron chi connectivity index (χ0n) is 15.3. The lowest BCUT2D eigenvalue weighted by atomic mass is 10.1. The first-order valence-corrected chi connectivity index (χ1v) is 9.21. The SMILES string of the molecule is COc1ccc(C=Cc2ccnc3nc(N4CCCCC4)[nH]c(=O)c23)cc1. The van der Waals surface area contributed by atoms with E-state index in [2.05, 4.69) is 19.9 Å². The molecule has 0 bridgehead atoms. The van der Waals surface area contributed by atoms with Crippen molar-refractivity contribution in [1.29, 1.82) is 0 Å². The van der Waals surface area contributed by atoms with Crippen LogP contribution in [0.2, 0.25) is 0 Å². The number of rotatable bonds is 4. The smallest absolute Gasteiger partial charge is 0.262 e. The van der Waals surface area contributed by atoms with Crippen molar-refractivity contribution in [3.8, 4) is 5.75 Å². The number of methoxy groups -OCH3 is 1. The lowest BCUT2D eigenvalue weighted by Gasteiger charge is -2.26. The van der Waals surface area contributed by atoms with E-state index in [1.165, 1.54) is 6.42 Å². The van der Waals surface area contributed by atoms with Crippen LogP contribution >= 0.6 is 0 Å². The molecule has 1 aliphatic heterocycles. The van der Waals surface area contributed by atoms with Gasteiger partial charge in [-0.3, -0.25) is 9.78 Å². The number of hydrogen-bond donors (Lipinski definition) is 1. The molecule has 0 aliphatic carbocycles. The Bertz CT molecular complexity index is 1020. The van der Waals surface area contributed by atoms with E-state index in [0.29, 0.717) is 17.0 Å². The third kappa shape index (κ3) is 3.69. The standard InChI is InChI=1S/C21H22N4O2/c1-27-17-9-6-15(7-10-17)5-8-16-11-12-22-19-18(16)20(26)24-21(23-19)25-13-3-2-4-14-25/h5-12H,2-4,13-14H2,1H3,(H,22,23,24,26). The zero-order valence-corrected chi connectivity index (χ0v) is 15.3. The highest BCUT2D eigenvalue weighted by molar-refractivity contribution is 5.88. The van der Waals surface area contributed by atoms with Gasteiger partial charge in [0.05, 0.1) is 12.5 Å². The van der Waals surface area contributed by atoms with Crippen LogP contribution in [0, 0.1) is 0 Å². The molecular weight excluding hydrogens is 340 g/mol. The first kappa shape index (κ1) is 17.3. The summed E-state index contributed by atoms with van der Waals surface area (Å²) in [6.45, 7) is 1.84. The van der Waals surface area contributed by atoms with E-state index < -0.39 is 0 Å². The predicted molar refractivity (Wildman–Crippen MR) is 108 cm³/mol. The molecule has 0 atom stereocenters. The molecule has 1 aromatic carbocycles. The van der Waals surface area contributed by atoms with Gasteiger partial charge in [0.15, 0.2) is 5.65 Å². The Balaban J connectivity index is 1.68. The minimum absolute atomic E-state index is 0.150. The molecule has 6 heteroatoms. The minimum atomic E-state index is -0.150. The molecule has 1 aliphatic rings. The van der Waals surface area contributed by atoms with Crippen LogP contribution in [-0.4, -0.2) is 35.2 Å². The summed E-state index contributed by atoms with van der Waals surface area (Å²) in [5.74, 6) is 1.43. The van der Waals surface area contributed by atoms with Crippen LogP contribution in [-0.2, 0) is 0 Å². The third-order valence-electron chi connectivity index (χ3n) is 4.85. The average molecular weight is 362 g/mol. The number of hydrogen-bond acceptors (Lipinski definition) is 5. The van der Waals surface area contributed by atoms with E-state index in [1.54, 1.807) is 13.3 Å². The maximum atomic E-state index is 12.7. The highest BCUT2D eigenvalue weighted by Crippen LogP contribution is 2.19. The van der Waals surface area contributed by atoms with E-state index >= 15 is 0 Å². The number of pyridine rings is 1. The first-order valence-electron chi connectivity index (χ1n) is 9.21. The lowest BCUT2D eigenvalue weighted by molar-refractivity contribution is 0.415. The second-order valence-electron chi connectivity index (χ2n) is 6.64. The van der Waals surface area contributed by atoms with Crippen LogP contribution in [0.15, 0.2) is 41.3 Å². The number of anilines is 1. The molecule has 4 rings (SSSR count). The van der Waals surface area contributed by atoms with E-state index in [-0.39, 0.29) is 5.56 Å². The molecule has 3 aromatic rings. The molecule has 27 heavy (non-hydrogen) atoms. The van der Waals surface area contributed by atoms with Crippen LogP contribution in [0.1, 0.15) is 30.4 Å². The molecule has 0 unspecified atom stereocenters. The Morgan fingerprint density at radius 1 is 1.07 bits per heavy atom.